The highest BCUT2D eigenvalue weighted by atomic mass is 16.5. The van der Waals surface area contributed by atoms with Gasteiger partial charge in [-0.05, 0) is 55.9 Å². The van der Waals surface area contributed by atoms with E-state index in [1.54, 1.807) is 11.8 Å². The molecule has 0 spiro atoms. The summed E-state index contributed by atoms with van der Waals surface area (Å²) in [5.41, 5.74) is 2.41. The van der Waals surface area contributed by atoms with Gasteiger partial charge >= 0.3 is 5.97 Å². The van der Waals surface area contributed by atoms with Crippen LogP contribution in [0.5, 0.6) is 5.75 Å². The van der Waals surface area contributed by atoms with Crippen molar-refractivity contribution in [2.45, 2.75) is 65.0 Å². The number of benzene rings is 1. The lowest BCUT2D eigenvalue weighted by molar-refractivity contribution is -0.142. The highest BCUT2D eigenvalue weighted by molar-refractivity contribution is 5.82. The molecule has 132 valence electrons. The highest BCUT2D eigenvalue weighted by Crippen LogP contribution is 2.26. The highest BCUT2D eigenvalue weighted by Gasteiger charge is 2.33. The Kier molecular flexibility index (Phi) is 5.86. The van der Waals surface area contributed by atoms with Crippen LogP contribution in [0.4, 0.5) is 0 Å². The van der Waals surface area contributed by atoms with Crippen molar-refractivity contribution in [1.29, 1.82) is 0 Å². The van der Waals surface area contributed by atoms with E-state index in [9.17, 15) is 9.59 Å². The minimum atomic E-state index is -0.867. The van der Waals surface area contributed by atoms with Gasteiger partial charge in [0.1, 0.15) is 5.75 Å². The number of likely N-dealkylation sites (tertiary alicyclic amines) is 1. The van der Waals surface area contributed by atoms with Crippen molar-refractivity contribution >= 4 is 11.9 Å². The molecule has 1 aliphatic heterocycles. The van der Waals surface area contributed by atoms with E-state index in [0.717, 1.165) is 18.4 Å². The fourth-order valence-electron chi connectivity index (χ4n) is 3.40. The van der Waals surface area contributed by atoms with Crippen LogP contribution in [0.25, 0.3) is 0 Å². The van der Waals surface area contributed by atoms with Crippen molar-refractivity contribution in [1.82, 2.24) is 4.90 Å². The van der Waals surface area contributed by atoms with E-state index >= 15 is 0 Å². The molecule has 2 rings (SSSR count). The smallest absolute Gasteiger partial charge is 0.305 e. The van der Waals surface area contributed by atoms with E-state index < -0.39 is 12.1 Å². The number of carboxylic acid groups (broad SMARTS) is 1. The molecule has 0 aliphatic carbocycles. The molecule has 1 aliphatic rings. The number of carbonyl (C=O) groups excluding carboxylic acids is 1. The lowest BCUT2D eigenvalue weighted by Gasteiger charge is -2.27. The Morgan fingerprint density at radius 2 is 2.04 bits per heavy atom. The molecule has 1 fully saturated rings. The van der Waals surface area contributed by atoms with E-state index in [-0.39, 0.29) is 18.4 Å². The van der Waals surface area contributed by atoms with Gasteiger partial charge in [0.15, 0.2) is 6.10 Å². The number of ether oxygens (including phenoxy) is 1. The third-order valence-electron chi connectivity index (χ3n) is 4.59. The first-order chi connectivity index (χ1) is 11.3. The van der Waals surface area contributed by atoms with Crippen LogP contribution in [0.1, 0.15) is 57.1 Å². The number of aliphatic carboxylic acids is 1. The van der Waals surface area contributed by atoms with Crippen molar-refractivity contribution in [2.24, 2.45) is 0 Å². The quantitative estimate of drug-likeness (QED) is 0.867. The number of rotatable bonds is 6. The van der Waals surface area contributed by atoms with Gasteiger partial charge in [-0.2, -0.15) is 0 Å². The van der Waals surface area contributed by atoms with Gasteiger partial charge in [-0.1, -0.05) is 19.9 Å². The van der Waals surface area contributed by atoms with Gasteiger partial charge in [-0.3, -0.25) is 9.59 Å². The summed E-state index contributed by atoms with van der Waals surface area (Å²) in [4.78, 5) is 25.2. The number of hydrogen-bond acceptors (Lipinski definition) is 3. The summed E-state index contributed by atoms with van der Waals surface area (Å²) in [6.07, 6.45) is 0.968. The average molecular weight is 333 g/mol. The molecule has 1 N–H and O–H groups in total. The predicted molar refractivity (Wildman–Crippen MR) is 92.3 cm³/mol. The van der Waals surface area contributed by atoms with E-state index in [1.165, 1.54) is 5.56 Å². The maximum absolute atomic E-state index is 12.6. The molecule has 1 aromatic carbocycles. The summed E-state index contributed by atoms with van der Waals surface area (Å²) in [5.74, 6) is 0.115. The molecule has 24 heavy (non-hydrogen) atoms. The van der Waals surface area contributed by atoms with Crippen molar-refractivity contribution in [3.8, 4) is 5.75 Å². The number of carbonyl (C=O) groups is 2. The van der Waals surface area contributed by atoms with Gasteiger partial charge in [0, 0.05) is 12.6 Å². The predicted octanol–water partition coefficient (Wildman–Crippen LogP) is 3.35. The van der Waals surface area contributed by atoms with Gasteiger partial charge in [-0.25, -0.2) is 0 Å². The average Bonchev–Trinajstić information content (AvgIpc) is 2.93. The summed E-state index contributed by atoms with van der Waals surface area (Å²) in [6, 6.07) is 5.67. The second-order valence-electron chi connectivity index (χ2n) is 6.86. The molecular formula is C19H27NO4. The molecule has 2 unspecified atom stereocenters. The van der Waals surface area contributed by atoms with Gasteiger partial charge in [-0.15, -0.1) is 0 Å². The number of hydrogen-bond donors (Lipinski definition) is 1. The molecule has 1 heterocycles. The molecule has 0 radical (unpaired) electrons. The van der Waals surface area contributed by atoms with Crippen LogP contribution >= 0.6 is 0 Å². The molecule has 5 heteroatoms. The van der Waals surface area contributed by atoms with Crippen LogP contribution in [-0.2, 0) is 9.59 Å². The molecule has 1 aromatic rings. The van der Waals surface area contributed by atoms with E-state index in [2.05, 4.69) is 13.8 Å². The van der Waals surface area contributed by atoms with Gasteiger partial charge < -0.3 is 14.7 Å². The second-order valence-corrected chi connectivity index (χ2v) is 6.86. The van der Waals surface area contributed by atoms with E-state index in [0.29, 0.717) is 18.2 Å². The Morgan fingerprint density at radius 3 is 2.62 bits per heavy atom. The molecule has 0 aromatic heterocycles. The third-order valence-corrected chi connectivity index (χ3v) is 4.59. The van der Waals surface area contributed by atoms with E-state index in [1.807, 2.05) is 25.1 Å². The van der Waals surface area contributed by atoms with Crippen molar-refractivity contribution in [3.05, 3.63) is 29.3 Å². The second kappa shape index (κ2) is 7.69. The third kappa shape index (κ3) is 4.28. The van der Waals surface area contributed by atoms with Crippen LogP contribution in [0.15, 0.2) is 18.2 Å². The molecule has 2 atom stereocenters. The van der Waals surface area contributed by atoms with Crippen LogP contribution in [-0.4, -0.2) is 40.6 Å². The van der Waals surface area contributed by atoms with Crippen LogP contribution < -0.4 is 4.74 Å². The summed E-state index contributed by atoms with van der Waals surface area (Å²) < 4.78 is 5.82. The molecule has 0 bridgehead atoms. The maximum atomic E-state index is 12.6. The topological polar surface area (TPSA) is 66.8 Å². The largest absolute Gasteiger partial charge is 0.481 e. The Balaban J connectivity index is 2.03. The van der Waals surface area contributed by atoms with Crippen LogP contribution in [0, 0.1) is 6.92 Å². The first-order valence-electron chi connectivity index (χ1n) is 8.59. The minimum Gasteiger partial charge on any atom is -0.481 e. The lowest BCUT2D eigenvalue weighted by atomic mass is 9.98. The Bertz CT molecular complexity index is 611. The van der Waals surface area contributed by atoms with E-state index in [4.69, 9.17) is 9.84 Å². The lowest BCUT2D eigenvalue weighted by Crippen LogP contribution is -2.43. The van der Waals surface area contributed by atoms with Crippen molar-refractivity contribution < 1.29 is 19.4 Å². The summed E-state index contributed by atoms with van der Waals surface area (Å²) >= 11 is 0. The minimum absolute atomic E-state index is 0.000648. The molecule has 0 saturated carbocycles. The fourth-order valence-corrected chi connectivity index (χ4v) is 3.40. The maximum Gasteiger partial charge on any atom is 0.305 e. The van der Waals surface area contributed by atoms with Gasteiger partial charge in [0.2, 0.25) is 0 Å². The van der Waals surface area contributed by atoms with Gasteiger partial charge in [0.05, 0.1) is 6.42 Å². The van der Waals surface area contributed by atoms with Crippen molar-refractivity contribution in [3.63, 3.8) is 0 Å². The zero-order valence-corrected chi connectivity index (χ0v) is 14.9. The summed E-state index contributed by atoms with van der Waals surface area (Å²) in [5, 5.41) is 8.98. The summed E-state index contributed by atoms with van der Waals surface area (Å²) in [7, 11) is 0. The molecule has 1 amide bonds. The Labute approximate surface area is 143 Å². The standard InChI is InChI=1S/C19H27NO4/c1-12(2)17-8-7-16(10-13(17)3)24-14(4)19(23)20-9-5-6-15(20)11-18(21)22/h7-8,10,12,14-15H,5-6,9,11H2,1-4H3,(H,21,22). The van der Waals surface area contributed by atoms with Crippen LogP contribution in [0.3, 0.4) is 0 Å². The fraction of sp³-hybridized carbons (Fsp3) is 0.579. The van der Waals surface area contributed by atoms with Crippen LogP contribution in [0.2, 0.25) is 0 Å². The first kappa shape index (κ1) is 18.3. The number of amides is 1. The zero-order valence-electron chi connectivity index (χ0n) is 14.9. The normalized spacial score (nSPS) is 18.7. The number of carboxylic acids is 1. The Morgan fingerprint density at radius 1 is 1.33 bits per heavy atom. The number of nitrogens with zero attached hydrogens (tertiary/aromatic N) is 1. The zero-order chi connectivity index (χ0) is 17.9. The molecule has 5 nitrogen and oxygen atoms in total. The summed E-state index contributed by atoms with van der Waals surface area (Å²) in [6.45, 7) is 8.66. The van der Waals surface area contributed by atoms with Crippen molar-refractivity contribution in [2.75, 3.05) is 6.54 Å². The number of aryl methyl sites for hydroxylation is 1. The monoisotopic (exact) mass is 333 g/mol. The molecule has 1 saturated heterocycles. The van der Waals surface area contributed by atoms with Gasteiger partial charge in [0.25, 0.3) is 5.91 Å². The Hall–Kier alpha value is -2.04. The molecular weight excluding hydrogens is 306 g/mol. The first-order valence-corrected chi connectivity index (χ1v) is 8.59. The SMILES string of the molecule is Cc1cc(OC(C)C(=O)N2CCCC2CC(=O)O)ccc1C(C)C.